The second-order valence-electron chi connectivity index (χ2n) is 4.74. The number of allylic oxidation sites excluding steroid dienone is 2. The fourth-order valence-corrected chi connectivity index (χ4v) is 2.21. The maximum Gasteiger partial charge on any atom is 0.120 e. The van der Waals surface area contributed by atoms with Gasteiger partial charge in [-0.2, -0.15) is 0 Å². The molecule has 16 heavy (non-hydrogen) atoms. The van der Waals surface area contributed by atoms with Gasteiger partial charge < -0.3 is 10.0 Å². The summed E-state index contributed by atoms with van der Waals surface area (Å²) in [6.45, 7) is 0.788. The molecule has 2 heteroatoms. The van der Waals surface area contributed by atoms with Crippen molar-refractivity contribution in [2.75, 3.05) is 14.1 Å². The number of benzene rings is 1. The Hall–Kier alpha value is -1.28. The van der Waals surface area contributed by atoms with Crippen LogP contribution < -0.4 is 0 Å². The van der Waals surface area contributed by atoms with E-state index < -0.39 is 0 Å². The Kier molecular flexibility index (Phi) is 3.30. The van der Waals surface area contributed by atoms with Crippen LogP contribution in [0.3, 0.4) is 0 Å². The van der Waals surface area contributed by atoms with Crippen molar-refractivity contribution in [3.05, 3.63) is 41.5 Å². The van der Waals surface area contributed by atoms with E-state index in [0.29, 0.717) is 11.7 Å². The highest BCUT2D eigenvalue weighted by atomic mass is 16.3. The van der Waals surface area contributed by atoms with Crippen LogP contribution >= 0.6 is 0 Å². The number of hydrogen-bond donors (Lipinski definition) is 1. The van der Waals surface area contributed by atoms with E-state index in [1.807, 2.05) is 26.2 Å². The first-order chi connectivity index (χ1) is 7.66. The number of hydrogen-bond acceptors (Lipinski definition) is 2. The molecular weight excluding hydrogens is 198 g/mol. The van der Waals surface area contributed by atoms with Gasteiger partial charge in [0, 0.05) is 18.0 Å². The summed E-state index contributed by atoms with van der Waals surface area (Å²) in [5.74, 6) is 0.945. The molecule has 1 aliphatic carbocycles. The fraction of sp³-hybridized carbons (Fsp3) is 0.429. The Morgan fingerprint density at radius 2 is 2.19 bits per heavy atom. The molecule has 0 aromatic heterocycles. The molecule has 0 fully saturated rings. The first-order valence-corrected chi connectivity index (χ1v) is 5.80. The fourth-order valence-electron chi connectivity index (χ4n) is 2.21. The van der Waals surface area contributed by atoms with E-state index in [1.54, 1.807) is 0 Å². The molecule has 1 aromatic rings. The zero-order valence-electron chi connectivity index (χ0n) is 9.98. The average Bonchev–Trinajstić information content (AvgIpc) is 2.73. The van der Waals surface area contributed by atoms with Crippen LogP contribution in [0.1, 0.15) is 29.9 Å². The van der Waals surface area contributed by atoms with Crippen LogP contribution in [0.2, 0.25) is 0 Å². The number of rotatable bonds is 3. The molecule has 1 aliphatic rings. The summed E-state index contributed by atoms with van der Waals surface area (Å²) < 4.78 is 0. The third kappa shape index (κ3) is 2.45. The Morgan fingerprint density at radius 1 is 1.38 bits per heavy atom. The van der Waals surface area contributed by atoms with Crippen LogP contribution in [0.4, 0.5) is 0 Å². The standard InChI is InChI=1S/C14H19NO/c1-15(2)10-13-9-12(7-8-14(13)16)11-5-3-4-6-11/h3,5,7-9,11,16H,4,6,10H2,1-2H3. The lowest BCUT2D eigenvalue weighted by atomic mass is 9.96. The molecule has 0 amide bonds. The zero-order chi connectivity index (χ0) is 11.5. The van der Waals surface area contributed by atoms with Gasteiger partial charge in [-0.05, 0) is 38.6 Å². The number of aromatic hydroxyl groups is 1. The minimum absolute atomic E-state index is 0.402. The van der Waals surface area contributed by atoms with E-state index in [2.05, 4.69) is 23.1 Å². The Labute approximate surface area is 97.2 Å². The molecule has 1 aromatic carbocycles. The van der Waals surface area contributed by atoms with Crippen LogP contribution in [0, 0.1) is 0 Å². The molecule has 0 spiro atoms. The van der Waals surface area contributed by atoms with Gasteiger partial charge in [-0.3, -0.25) is 0 Å². The Morgan fingerprint density at radius 3 is 2.81 bits per heavy atom. The predicted octanol–water partition coefficient (Wildman–Crippen LogP) is 2.89. The summed E-state index contributed by atoms with van der Waals surface area (Å²) in [6.07, 6.45) is 6.88. The molecule has 2 nitrogen and oxygen atoms in total. The minimum atomic E-state index is 0.402. The summed E-state index contributed by atoms with van der Waals surface area (Å²) in [6, 6.07) is 5.99. The molecule has 0 aliphatic heterocycles. The minimum Gasteiger partial charge on any atom is -0.508 e. The number of nitrogens with zero attached hydrogens (tertiary/aromatic N) is 1. The van der Waals surface area contributed by atoms with Crippen LogP contribution in [-0.4, -0.2) is 24.1 Å². The smallest absolute Gasteiger partial charge is 0.120 e. The molecule has 0 bridgehead atoms. The van der Waals surface area contributed by atoms with E-state index in [-0.39, 0.29) is 0 Å². The van der Waals surface area contributed by atoms with Crippen LogP contribution in [0.25, 0.3) is 0 Å². The molecule has 1 atom stereocenters. The van der Waals surface area contributed by atoms with Gasteiger partial charge in [-0.25, -0.2) is 0 Å². The highest BCUT2D eigenvalue weighted by Crippen LogP contribution is 2.31. The molecule has 86 valence electrons. The third-order valence-electron chi connectivity index (χ3n) is 3.03. The largest absolute Gasteiger partial charge is 0.508 e. The van der Waals surface area contributed by atoms with Gasteiger partial charge in [0.25, 0.3) is 0 Å². The van der Waals surface area contributed by atoms with Gasteiger partial charge in [0.1, 0.15) is 5.75 Å². The van der Waals surface area contributed by atoms with Crippen molar-refractivity contribution < 1.29 is 5.11 Å². The van der Waals surface area contributed by atoms with E-state index in [1.165, 1.54) is 18.4 Å². The average molecular weight is 217 g/mol. The van der Waals surface area contributed by atoms with Gasteiger partial charge in [-0.1, -0.05) is 24.3 Å². The molecule has 1 unspecified atom stereocenters. The van der Waals surface area contributed by atoms with E-state index in [0.717, 1.165) is 12.1 Å². The Balaban J connectivity index is 2.24. The molecule has 2 rings (SSSR count). The lowest BCUT2D eigenvalue weighted by molar-refractivity contribution is 0.385. The summed E-state index contributed by atoms with van der Waals surface area (Å²) in [7, 11) is 4.03. The lowest BCUT2D eigenvalue weighted by Crippen LogP contribution is -2.11. The van der Waals surface area contributed by atoms with Crippen LogP contribution in [0.5, 0.6) is 5.75 Å². The normalized spacial score (nSPS) is 19.6. The molecule has 1 N–H and O–H groups in total. The monoisotopic (exact) mass is 217 g/mol. The number of phenols is 1. The summed E-state index contributed by atoms with van der Waals surface area (Å²) in [5, 5.41) is 9.78. The van der Waals surface area contributed by atoms with Crippen molar-refractivity contribution in [3.63, 3.8) is 0 Å². The van der Waals surface area contributed by atoms with Crippen molar-refractivity contribution >= 4 is 0 Å². The maximum atomic E-state index is 9.78. The van der Waals surface area contributed by atoms with Crippen LogP contribution in [-0.2, 0) is 6.54 Å². The molecular formula is C14H19NO. The van der Waals surface area contributed by atoms with Crippen molar-refractivity contribution in [3.8, 4) is 5.75 Å². The number of phenolic OH excluding ortho intramolecular Hbond substituents is 1. The first kappa shape index (κ1) is 11.2. The molecule has 0 radical (unpaired) electrons. The second kappa shape index (κ2) is 4.71. The SMILES string of the molecule is CN(C)Cc1cc(C2C=CCC2)ccc1O. The summed E-state index contributed by atoms with van der Waals surface area (Å²) in [4.78, 5) is 2.07. The van der Waals surface area contributed by atoms with Gasteiger partial charge in [0.2, 0.25) is 0 Å². The van der Waals surface area contributed by atoms with Crippen molar-refractivity contribution in [1.29, 1.82) is 0 Å². The quantitative estimate of drug-likeness (QED) is 0.787. The van der Waals surface area contributed by atoms with E-state index in [4.69, 9.17) is 0 Å². The molecule has 0 saturated carbocycles. The second-order valence-corrected chi connectivity index (χ2v) is 4.74. The van der Waals surface area contributed by atoms with Crippen molar-refractivity contribution in [1.82, 2.24) is 4.90 Å². The zero-order valence-corrected chi connectivity index (χ0v) is 9.98. The first-order valence-electron chi connectivity index (χ1n) is 5.80. The maximum absolute atomic E-state index is 9.78. The van der Waals surface area contributed by atoms with Gasteiger partial charge in [0.15, 0.2) is 0 Å². The summed E-state index contributed by atoms with van der Waals surface area (Å²) in [5.41, 5.74) is 2.34. The molecule has 0 saturated heterocycles. The van der Waals surface area contributed by atoms with Crippen molar-refractivity contribution in [2.45, 2.75) is 25.3 Å². The highest BCUT2D eigenvalue weighted by molar-refractivity contribution is 5.39. The molecule has 0 heterocycles. The van der Waals surface area contributed by atoms with Crippen LogP contribution in [0.15, 0.2) is 30.4 Å². The Bertz CT molecular complexity index is 396. The van der Waals surface area contributed by atoms with Gasteiger partial charge >= 0.3 is 0 Å². The third-order valence-corrected chi connectivity index (χ3v) is 3.03. The highest BCUT2D eigenvalue weighted by Gasteiger charge is 2.13. The summed E-state index contributed by atoms with van der Waals surface area (Å²) >= 11 is 0. The van der Waals surface area contributed by atoms with Gasteiger partial charge in [-0.15, -0.1) is 0 Å². The lowest BCUT2D eigenvalue weighted by Gasteiger charge is -2.14. The van der Waals surface area contributed by atoms with E-state index >= 15 is 0 Å². The topological polar surface area (TPSA) is 23.5 Å². The van der Waals surface area contributed by atoms with Gasteiger partial charge in [0.05, 0.1) is 0 Å². The van der Waals surface area contributed by atoms with E-state index in [9.17, 15) is 5.11 Å². The predicted molar refractivity (Wildman–Crippen MR) is 66.6 cm³/mol. The van der Waals surface area contributed by atoms with Crippen molar-refractivity contribution in [2.24, 2.45) is 0 Å².